The Labute approximate surface area is 156 Å². The van der Waals surface area contributed by atoms with E-state index in [0.717, 1.165) is 0 Å². The molecule has 2 heterocycles. The molecule has 10 heteroatoms. The van der Waals surface area contributed by atoms with E-state index in [9.17, 15) is 14.9 Å². The summed E-state index contributed by atoms with van der Waals surface area (Å²) in [5.74, 6) is 0.531. The van der Waals surface area contributed by atoms with Crippen LogP contribution in [0, 0.1) is 10.1 Å². The molecule has 0 fully saturated rings. The van der Waals surface area contributed by atoms with Crippen molar-refractivity contribution in [1.29, 1.82) is 0 Å². The molecule has 134 valence electrons. The summed E-state index contributed by atoms with van der Waals surface area (Å²) in [4.78, 5) is 31.4. The van der Waals surface area contributed by atoms with Gasteiger partial charge in [0.2, 0.25) is 11.7 Å². The van der Waals surface area contributed by atoms with Crippen molar-refractivity contribution < 1.29 is 9.45 Å². The lowest BCUT2D eigenvalue weighted by molar-refractivity contribution is -0.384. The predicted molar refractivity (Wildman–Crippen MR) is 96.5 cm³/mol. The van der Waals surface area contributed by atoms with Gasteiger partial charge in [-0.2, -0.15) is 4.98 Å². The molecule has 0 saturated heterocycles. The lowest BCUT2D eigenvalue weighted by atomic mass is 10.2. The minimum absolute atomic E-state index is 0.0158. The summed E-state index contributed by atoms with van der Waals surface area (Å²) in [6, 6.07) is 10.9. The van der Waals surface area contributed by atoms with E-state index in [0.29, 0.717) is 21.9 Å². The molecule has 0 aliphatic rings. The molecule has 4 rings (SSSR count). The first-order chi connectivity index (χ1) is 13.0. The minimum Gasteiger partial charge on any atom is -0.337 e. The molecule has 0 unspecified atom stereocenters. The van der Waals surface area contributed by atoms with Crippen LogP contribution in [0.4, 0.5) is 5.69 Å². The van der Waals surface area contributed by atoms with Crippen LogP contribution in [0.2, 0.25) is 5.02 Å². The Kier molecular flexibility index (Phi) is 4.13. The number of aromatic nitrogens is 4. The average molecular weight is 384 g/mol. The largest absolute Gasteiger partial charge is 0.337 e. The number of benzene rings is 2. The maximum Gasteiger partial charge on any atom is 0.270 e. The van der Waals surface area contributed by atoms with Gasteiger partial charge in [0.1, 0.15) is 6.54 Å². The van der Waals surface area contributed by atoms with Crippen LogP contribution in [0.25, 0.3) is 22.3 Å². The first-order valence-corrected chi connectivity index (χ1v) is 8.11. The van der Waals surface area contributed by atoms with E-state index in [1.807, 2.05) is 0 Å². The summed E-state index contributed by atoms with van der Waals surface area (Å²) in [6.45, 7) is -0.0158. The van der Waals surface area contributed by atoms with Crippen molar-refractivity contribution in [2.75, 3.05) is 0 Å². The van der Waals surface area contributed by atoms with Gasteiger partial charge in [-0.05, 0) is 18.2 Å². The maximum absolute atomic E-state index is 12.6. The Morgan fingerprint density at radius 1 is 1.22 bits per heavy atom. The molecule has 0 radical (unpaired) electrons. The molecule has 9 nitrogen and oxygen atoms in total. The zero-order valence-corrected chi connectivity index (χ0v) is 14.3. The molecule has 0 bridgehead atoms. The van der Waals surface area contributed by atoms with Gasteiger partial charge in [-0.25, -0.2) is 4.98 Å². The van der Waals surface area contributed by atoms with Gasteiger partial charge in [0.25, 0.3) is 11.2 Å². The van der Waals surface area contributed by atoms with Gasteiger partial charge < -0.3 is 4.52 Å². The highest BCUT2D eigenvalue weighted by Gasteiger charge is 2.14. The zero-order chi connectivity index (χ0) is 19.0. The number of nitrogens with zero attached hydrogens (tertiary/aromatic N) is 5. The average Bonchev–Trinajstić information content (AvgIpc) is 3.12. The smallest absolute Gasteiger partial charge is 0.270 e. The highest BCUT2D eigenvalue weighted by molar-refractivity contribution is 6.30. The number of non-ortho nitro benzene ring substituents is 1. The fraction of sp³-hybridized carbons (Fsp3) is 0.0588. The van der Waals surface area contributed by atoms with E-state index in [2.05, 4.69) is 15.1 Å². The third kappa shape index (κ3) is 3.27. The quantitative estimate of drug-likeness (QED) is 0.392. The standard InChI is InChI=1S/C17H10ClN5O4/c18-11-3-1-2-10(6-11)16-20-15(27-21-16)8-22-9-19-14-5-4-12(23(25)26)7-13(14)17(22)24/h1-7,9H,8H2. The molecule has 4 aromatic rings. The molecule has 0 N–H and O–H groups in total. The van der Waals surface area contributed by atoms with Crippen molar-refractivity contribution >= 4 is 28.2 Å². The summed E-state index contributed by atoms with van der Waals surface area (Å²) >= 11 is 5.95. The summed E-state index contributed by atoms with van der Waals surface area (Å²) in [6.07, 6.45) is 1.33. The zero-order valence-electron chi connectivity index (χ0n) is 13.6. The molecule has 2 aromatic heterocycles. The Morgan fingerprint density at radius 3 is 2.85 bits per heavy atom. The van der Waals surface area contributed by atoms with Gasteiger partial charge in [0.15, 0.2) is 0 Å². The highest BCUT2D eigenvalue weighted by atomic mass is 35.5. The molecule has 0 aliphatic carbocycles. The van der Waals surface area contributed by atoms with Gasteiger partial charge >= 0.3 is 0 Å². The van der Waals surface area contributed by atoms with Crippen molar-refractivity contribution in [2.24, 2.45) is 0 Å². The van der Waals surface area contributed by atoms with Crippen molar-refractivity contribution in [3.63, 3.8) is 0 Å². The molecule has 0 aliphatic heterocycles. The molecular formula is C17H10ClN5O4. The van der Waals surface area contributed by atoms with Crippen LogP contribution < -0.4 is 5.56 Å². The van der Waals surface area contributed by atoms with Gasteiger partial charge in [0, 0.05) is 22.7 Å². The van der Waals surface area contributed by atoms with E-state index in [1.165, 1.54) is 29.1 Å². The molecule has 27 heavy (non-hydrogen) atoms. The van der Waals surface area contributed by atoms with Crippen LogP contribution >= 0.6 is 11.6 Å². The van der Waals surface area contributed by atoms with Crippen LogP contribution in [0.5, 0.6) is 0 Å². The van der Waals surface area contributed by atoms with Crippen molar-refractivity contribution in [3.8, 4) is 11.4 Å². The SMILES string of the molecule is O=c1c2cc([N+](=O)[O-])ccc2ncn1Cc1nc(-c2cccc(Cl)c2)no1. The number of nitro benzene ring substituents is 1. The molecular weight excluding hydrogens is 374 g/mol. The first-order valence-electron chi connectivity index (χ1n) is 7.73. The van der Waals surface area contributed by atoms with E-state index in [1.54, 1.807) is 24.3 Å². The first kappa shape index (κ1) is 16.9. The third-order valence-electron chi connectivity index (χ3n) is 3.87. The lowest BCUT2D eigenvalue weighted by Gasteiger charge is -2.03. The Balaban J connectivity index is 1.69. The van der Waals surface area contributed by atoms with Gasteiger partial charge in [0.05, 0.1) is 22.2 Å². The van der Waals surface area contributed by atoms with Gasteiger partial charge in [-0.15, -0.1) is 0 Å². The summed E-state index contributed by atoms with van der Waals surface area (Å²) in [7, 11) is 0. The summed E-state index contributed by atoms with van der Waals surface area (Å²) < 4.78 is 6.44. The minimum atomic E-state index is -0.564. The normalized spacial score (nSPS) is 11.0. The number of hydrogen-bond donors (Lipinski definition) is 0. The number of halogens is 1. The number of fused-ring (bicyclic) bond motifs is 1. The van der Waals surface area contributed by atoms with Crippen LogP contribution in [0.3, 0.4) is 0 Å². The fourth-order valence-electron chi connectivity index (χ4n) is 2.58. The second-order valence-electron chi connectivity index (χ2n) is 5.66. The third-order valence-corrected chi connectivity index (χ3v) is 4.11. The molecule has 2 aromatic carbocycles. The van der Waals surface area contributed by atoms with Crippen LogP contribution in [0.15, 0.2) is 58.1 Å². The number of rotatable bonds is 4. The summed E-state index contributed by atoms with van der Waals surface area (Å²) in [5.41, 5.74) is 0.426. The van der Waals surface area contributed by atoms with Crippen molar-refractivity contribution in [2.45, 2.75) is 6.54 Å². The monoisotopic (exact) mass is 383 g/mol. The number of nitro groups is 1. The van der Waals surface area contributed by atoms with Crippen molar-refractivity contribution in [3.05, 3.63) is 80.2 Å². The molecule has 0 amide bonds. The maximum atomic E-state index is 12.6. The van der Waals surface area contributed by atoms with Gasteiger partial charge in [-0.3, -0.25) is 19.5 Å². The fourth-order valence-corrected chi connectivity index (χ4v) is 2.77. The Bertz CT molecular complexity index is 1230. The Hall–Kier alpha value is -3.59. The van der Waals surface area contributed by atoms with Crippen LogP contribution in [-0.4, -0.2) is 24.6 Å². The van der Waals surface area contributed by atoms with E-state index in [4.69, 9.17) is 16.1 Å². The predicted octanol–water partition coefficient (Wildman–Crippen LogP) is 3.06. The molecule has 0 spiro atoms. The lowest BCUT2D eigenvalue weighted by Crippen LogP contribution is -2.21. The Morgan fingerprint density at radius 2 is 2.07 bits per heavy atom. The summed E-state index contributed by atoms with van der Waals surface area (Å²) in [5, 5.41) is 15.5. The second-order valence-corrected chi connectivity index (χ2v) is 6.09. The van der Waals surface area contributed by atoms with Crippen molar-refractivity contribution in [1.82, 2.24) is 19.7 Å². The van der Waals surface area contributed by atoms with Gasteiger partial charge in [-0.1, -0.05) is 28.9 Å². The number of hydrogen-bond acceptors (Lipinski definition) is 7. The second kappa shape index (κ2) is 6.61. The van der Waals surface area contributed by atoms with E-state index in [-0.39, 0.29) is 23.5 Å². The molecule has 0 atom stereocenters. The highest BCUT2D eigenvalue weighted by Crippen LogP contribution is 2.20. The van der Waals surface area contributed by atoms with E-state index < -0.39 is 10.5 Å². The molecule has 0 saturated carbocycles. The topological polar surface area (TPSA) is 117 Å². The van der Waals surface area contributed by atoms with Crippen LogP contribution in [-0.2, 0) is 6.54 Å². The van der Waals surface area contributed by atoms with Crippen LogP contribution in [0.1, 0.15) is 5.89 Å². The van der Waals surface area contributed by atoms with E-state index >= 15 is 0 Å².